The van der Waals surface area contributed by atoms with Crippen LogP contribution in [-0.4, -0.2) is 37.2 Å². The molecule has 1 atom stereocenters. The maximum Gasteiger partial charge on any atom is 0.306 e. The van der Waals surface area contributed by atoms with E-state index in [0.717, 1.165) is 122 Å². The van der Waals surface area contributed by atoms with Crippen molar-refractivity contribution in [2.45, 2.75) is 245 Å². The molecule has 0 rings (SSSR count). The fraction of sp³-hybridized carbons (Fsp3) is 0.615. The number of esters is 3. The second-order valence-corrected chi connectivity index (χ2v) is 18.4. The Morgan fingerprint density at radius 2 is 0.577 bits per heavy atom. The maximum absolute atomic E-state index is 12.8. The maximum atomic E-state index is 12.8. The second kappa shape index (κ2) is 58.1. The first-order chi connectivity index (χ1) is 35.0. The number of rotatable bonds is 50. The van der Waals surface area contributed by atoms with Crippen molar-refractivity contribution in [2.75, 3.05) is 13.2 Å². The van der Waals surface area contributed by atoms with Gasteiger partial charge in [0, 0.05) is 19.3 Å². The van der Waals surface area contributed by atoms with E-state index in [4.69, 9.17) is 14.2 Å². The third kappa shape index (κ3) is 56.3. The van der Waals surface area contributed by atoms with Gasteiger partial charge in [-0.25, -0.2) is 0 Å². The Morgan fingerprint density at radius 1 is 0.296 bits per heavy atom. The predicted octanol–water partition coefficient (Wildman–Crippen LogP) is 19.4. The molecule has 0 unspecified atom stereocenters. The minimum Gasteiger partial charge on any atom is -0.462 e. The molecule has 0 spiro atoms. The normalized spacial score (nSPS) is 13.1. The third-order valence-corrected chi connectivity index (χ3v) is 11.6. The van der Waals surface area contributed by atoms with Gasteiger partial charge < -0.3 is 14.2 Å². The Labute approximate surface area is 436 Å². The van der Waals surface area contributed by atoms with Crippen molar-refractivity contribution in [3.63, 3.8) is 0 Å². The highest BCUT2D eigenvalue weighted by Gasteiger charge is 2.19. The molecule has 6 nitrogen and oxygen atoms in total. The van der Waals surface area contributed by atoms with Crippen molar-refractivity contribution < 1.29 is 28.6 Å². The quantitative estimate of drug-likeness (QED) is 0.0262. The van der Waals surface area contributed by atoms with Gasteiger partial charge in [-0.15, -0.1) is 0 Å². The summed E-state index contributed by atoms with van der Waals surface area (Å²) in [7, 11) is 0. The summed E-state index contributed by atoms with van der Waals surface area (Å²) >= 11 is 0. The van der Waals surface area contributed by atoms with Crippen molar-refractivity contribution in [1.82, 2.24) is 0 Å². The van der Waals surface area contributed by atoms with Crippen LogP contribution in [0.4, 0.5) is 0 Å². The first-order valence-electron chi connectivity index (χ1n) is 28.7. The molecule has 400 valence electrons. The highest BCUT2D eigenvalue weighted by atomic mass is 16.6. The number of carbonyl (C=O) groups is 3. The average molecular weight is 982 g/mol. The van der Waals surface area contributed by atoms with Gasteiger partial charge in [0.2, 0.25) is 0 Å². The first-order valence-corrected chi connectivity index (χ1v) is 28.7. The standard InChI is InChI=1S/C65H104O6/c1-4-7-10-13-16-19-22-25-28-30-32-34-37-39-42-45-48-51-54-57-63(66)69-60-62(71-65(68)59-56-53-50-47-44-41-36-27-24-21-18-15-12-9-6-3)61-70-64(67)58-55-52-49-46-43-40-38-35-33-31-29-26-23-20-17-14-11-8-5-2/h7,9-10,12,16-21,25-29,32,34,36,39,42,48,51,62H,4-6,8,11,13-15,22-24,30-31,33,35,37-38,40-41,43-47,49-50,52-61H2,1-3H3/b10-7-,12-9-,19-16-,20-17-,21-18-,28-25-,29-26-,34-32-,36-27-,42-39-,51-48-/t62-/m1/s1. The SMILES string of the molecule is CC/C=C\C/C=C\C/C=C\C/C=C\C/C=C\C/C=C\CCC(=O)OC[C@H](COC(=O)CCCCCCCCCCC/C=C\C/C=C\CCCCC)OC(=O)CCCCCCC/C=C\C/C=C\C/C=C\CC. The second-order valence-electron chi connectivity index (χ2n) is 18.4. The highest BCUT2D eigenvalue weighted by Crippen LogP contribution is 2.14. The van der Waals surface area contributed by atoms with Gasteiger partial charge >= 0.3 is 17.9 Å². The molecule has 0 heterocycles. The number of allylic oxidation sites excluding steroid dienone is 22. The fourth-order valence-corrected chi connectivity index (χ4v) is 7.39. The van der Waals surface area contributed by atoms with E-state index in [-0.39, 0.29) is 44.0 Å². The number of hydrogen-bond donors (Lipinski definition) is 0. The number of ether oxygens (including phenoxy) is 3. The molecule has 0 N–H and O–H groups in total. The number of hydrogen-bond acceptors (Lipinski definition) is 6. The zero-order valence-electron chi connectivity index (χ0n) is 45.7. The van der Waals surface area contributed by atoms with Crippen LogP contribution >= 0.6 is 0 Å². The van der Waals surface area contributed by atoms with E-state index in [1.807, 2.05) is 6.08 Å². The molecular formula is C65H104O6. The van der Waals surface area contributed by atoms with Crippen LogP contribution in [0.25, 0.3) is 0 Å². The highest BCUT2D eigenvalue weighted by molar-refractivity contribution is 5.71. The van der Waals surface area contributed by atoms with Gasteiger partial charge in [-0.3, -0.25) is 14.4 Å². The molecule has 0 saturated carbocycles. The lowest BCUT2D eigenvalue weighted by molar-refractivity contribution is -0.166. The summed E-state index contributed by atoms with van der Waals surface area (Å²) in [5.41, 5.74) is 0. The lowest BCUT2D eigenvalue weighted by atomic mass is 10.1. The van der Waals surface area contributed by atoms with Gasteiger partial charge in [0.05, 0.1) is 0 Å². The Balaban J connectivity index is 4.53. The van der Waals surface area contributed by atoms with Crippen LogP contribution < -0.4 is 0 Å². The van der Waals surface area contributed by atoms with Crippen LogP contribution in [0.1, 0.15) is 239 Å². The van der Waals surface area contributed by atoms with Crippen LogP contribution in [0.5, 0.6) is 0 Å². The van der Waals surface area contributed by atoms with Crippen LogP contribution in [0.3, 0.4) is 0 Å². The van der Waals surface area contributed by atoms with Crippen molar-refractivity contribution in [1.29, 1.82) is 0 Å². The van der Waals surface area contributed by atoms with Gasteiger partial charge in [0.15, 0.2) is 6.10 Å². The third-order valence-electron chi connectivity index (χ3n) is 11.6. The molecule has 0 aromatic rings. The molecule has 0 aliphatic rings. The minimum atomic E-state index is -0.825. The minimum absolute atomic E-state index is 0.115. The lowest BCUT2D eigenvalue weighted by Gasteiger charge is -2.18. The Kier molecular flexibility index (Phi) is 54.5. The van der Waals surface area contributed by atoms with Gasteiger partial charge in [-0.1, -0.05) is 231 Å². The summed E-state index contributed by atoms with van der Waals surface area (Å²) < 4.78 is 16.8. The molecule has 0 aromatic carbocycles. The van der Waals surface area contributed by atoms with Crippen LogP contribution in [-0.2, 0) is 28.6 Å². The molecule has 0 fully saturated rings. The van der Waals surface area contributed by atoms with Crippen LogP contribution in [0.2, 0.25) is 0 Å². The Morgan fingerprint density at radius 3 is 0.944 bits per heavy atom. The smallest absolute Gasteiger partial charge is 0.306 e. The molecule has 0 aromatic heterocycles. The molecule has 0 saturated heterocycles. The monoisotopic (exact) mass is 981 g/mol. The molecule has 6 heteroatoms. The van der Waals surface area contributed by atoms with Crippen molar-refractivity contribution >= 4 is 17.9 Å². The summed E-state index contributed by atoms with van der Waals surface area (Å²) in [5, 5.41) is 0. The summed E-state index contributed by atoms with van der Waals surface area (Å²) in [4.78, 5) is 38.1. The summed E-state index contributed by atoms with van der Waals surface area (Å²) in [5.74, 6) is -1.03. The van der Waals surface area contributed by atoms with E-state index >= 15 is 0 Å². The largest absolute Gasteiger partial charge is 0.462 e. The van der Waals surface area contributed by atoms with E-state index in [1.165, 1.54) is 70.6 Å². The van der Waals surface area contributed by atoms with Crippen molar-refractivity contribution in [3.05, 3.63) is 134 Å². The van der Waals surface area contributed by atoms with Crippen LogP contribution in [0.15, 0.2) is 134 Å². The number of unbranched alkanes of at least 4 members (excludes halogenated alkanes) is 17. The molecular weight excluding hydrogens is 877 g/mol. The van der Waals surface area contributed by atoms with E-state index in [0.29, 0.717) is 12.8 Å². The van der Waals surface area contributed by atoms with Gasteiger partial charge in [-0.2, -0.15) is 0 Å². The Bertz CT molecular complexity index is 1550. The van der Waals surface area contributed by atoms with Gasteiger partial charge in [0.25, 0.3) is 0 Å². The zero-order chi connectivity index (χ0) is 51.4. The van der Waals surface area contributed by atoms with Gasteiger partial charge in [0.1, 0.15) is 13.2 Å². The average Bonchev–Trinajstić information content (AvgIpc) is 3.37. The molecule has 0 aliphatic heterocycles. The lowest BCUT2D eigenvalue weighted by Crippen LogP contribution is -2.30. The molecule has 71 heavy (non-hydrogen) atoms. The summed E-state index contributed by atoms with van der Waals surface area (Å²) in [6.07, 6.45) is 81.6. The van der Waals surface area contributed by atoms with E-state index in [1.54, 1.807) is 0 Å². The first kappa shape index (κ1) is 66.6. The van der Waals surface area contributed by atoms with E-state index in [9.17, 15) is 14.4 Å². The molecule has 0 amide bonds. The molecule has 0 radical (unpaired) electrons. The summed E-state index contributed by atoms with van der Waals surface area (Å²) in [6.45, 7) is 6.30. The van der Waals surface area contributed by atoms with Crippen LogP contribution in [0, 0.1) is 0 Å². The fourth-order valence-electron chi connectivity index (χ4n) is 7.39. The summed E-state index contributed by atoms with van der Waals surface area (Å²) in [6, 6.07) is 0. The predicted molar refractivity (Wildman–Crippen MR) is 306 cm³/mol. The van der Waals surface area contributed by atoms with Crippen molar-refractivity contribution in [3.8, 4) is 0 Å². The van der Waals surface area contributed by atoms with Gasteiger partial charge in [-0.05, 0) is 122 Å². The zero-order valence-corrected chi connectivity index (χ0v) is 45.7. The van der Waals surface area contributed by atoms with Crippen molar-refractivity contribution in [2.24, 2.45) is 0 Å². The molecule has 0 bridgehead atoms. The van der Waals surface area contributed by atoms with E-state index < -0.39 is 6.10 Å². The topological polar surface area (TPSA) is 78.9 Å². The number of carbonyl (C=O) groups excluding carboxylic acids is 3. The Hall–Kier alpha value is -4.45. The van der Waals surface area contributed by atoms with E-state index in [2.05, 4.69) is 148 Å². The molecule has 0 aliphatic carbocycles.